The van der Waals surface area contributed by atoms with Crippen molar-refractivity contribution in [2.75, 3.05) is 19.0 Å². The number of hydrogen-bond acceptors (Lipinski definition) is 6. The number of anilines is 1. The third-order valence-electron chi connectivity index (χ3n) is 6.18. The molecule has 1 N–H and O–H groups in total. The van der Waals surface area contributed by atoms with Crippen LogP contribution in [0.5, 0.6) is 5.75 Å². The summed E-state index contributed by atoms with van der Waals surface area (Å²) >= 11 is 0. The molecule has 2 aromatic heterocycles. The number of hydrogen-bond donors (Lipinski definition) is 1. The summed E-state index contributed by atoms with van der Waals surface area (Å²) < 4.78 is 24.9. The van der Waals surface area contributed by atoms with Crippen LogP contribution in [0, 0.1) is 37.0 Å². The molecule has 1 fully saturated rings. The molecule has 1 saturated carbocycles. The smallest absolute Gasteiger partial charge is 0.228 e. The zero-order chi connectivity index (χ0) is 22.7. The highest BCUT2D eigenvalue weighted by Crippen LogP contribution is 2.60. The summed E-state index contributed by atoms with van der Waals surface area (Å²) in [5.74, 6) is 0.549. The second-order valence-corrected chi connectivity index (χ2v) is 8.40. The van der Waals surface area contributed by atoms with Crippen LogP contribution < -0.4 is 10.1 Å². The summed E-state index contributed by atoms with van der Waals surface area (Å²) in [6.45, 7) is 4.19. The number of methoxy groups -OCH3 is 1. The second kappa shape index (κ2) is 9.16. The van der Waals surface area contributed by atoms with Crippen molar-refractivity contribution >= 4 is 11.6 Å². The minimum Gasteiger partial charge on any atom is -0.489 e. The van der Waals surface area contributed by atoms with Gasteiger partial charge in [-0.15, -0.1) is 0 Å². The monoisotopic (exact) mass is 438 g/mol. The van der Waals surface area contributed by atoms with Crippen LogP contribution in [0.2, 0.25) is 0 Å². The molecule has 7 nitrogen and oxygen atoms in total. The van der Waals surface area contributed by atoms with Gasteiger partial charge in [0.15, 0.2) is 5.75 Å². The number of aromatic nitrogens is 3. The molecule has 0 spiro atoms. The van der Waals surface area contributed by atoms with Crippen LogP contribution in [0.3, 0.4) is 0 Å². The van der Waals surface area contributed by atoms with Gasteiger partial charge in [0, 0.05) is 24.0 Å². The minimum atomic E-state index is -0.603. The Labute approximate surface area is 186 Å². The predicted molar refractivity (Wildman–Crippen MR) is 117 cm³/mol. The molecule has 3 atom stereocenters. The molecule has 0 radical (unpaired) electrons. The van der Waals surface area contributed by atoms with E-state index in [0.29, 0.717) is 35.9 Å². The summed E-state index contributed by atoms with van der Waals surface area (Å²) in [4.78, 5) is 25.4. The van der Waals surface area contributed by atoms with E-state index < -0.39 is 5.95 Å². The van der Waals surface area contributed by atoms with Gasteiger partial charge in [0.2, 0.25) is 11.9 Å². The second-order valence-electron chi connectivity index (χ2n) is 8.40. The van der Waals surface area contributed by atoms with E-state index in [4.69, 9.17) is 9.47 Å². The van der Waals surface area contributed by atoms with Crippen LogP contribution in [0.15, 0.2) is 42.8 Å². The number of aryl methyl sites for hydroxylation is 2. The van der Waals surface area contributed by atoms with Crippen LogP contribution in [0.4, 0.5) is 10.1 Å². The van der Waals surface area contributed by atoms with E-state index in [9.17, 15) is 9.18 Å². The first-order chi connectivity index (χ1) is 15.4. The normalized spacial score (nSPS) is 23.8. The van der Waals surface area contributed by atoms with Gasteiger partial charge in [0.1, 0.15) is 5.82 Å². The Morgan fingerprint density at radius 1 is 1.28 bits per heavy atom. The van der Waals surface area contributed by atoms with Crippen molar-refractivity contribution in [1.29, 1.82) is 0 Å². The van der Waals surface area contributed by atoms with Crippen LogP contribution in [0.25, 0.3) is 0 Å². The van der Waals surface area contributed by atoms with E-state index >= 15 is 0 Å². The van der Waals surface area contributed by atoms with E-state index in [-0.39, 0.29) is 29.8 Å². The van der Waals surface area contributed by atoms with Gasteiger partial charge in [-0.2, -0.15) is 4.39 Å². The number of rotatable bonds is 8. The van der Waals surface area contributed by atoms with Gasteiger partial charge < -0.3 is 14.8 Å². The van der Waals surface area contributed by atoms with E-state index in [1.807, 2.05) is 26.0 Å². The molecular weight excluding hydrogens is 411 g/mol. The van der Waals surface area contributed by atoms with E-state index in [2.05, 4.69) is 32.4 Å². The maximum Gasteiger partial charge on any atom is 0.228 e. The number of amides is 1. The summed E-state index contributed by atoms with van der Waals surface area (Å²) in [6, 6.07) is 1.56. The average molecular weight is 439 g/mol. The van der Waals surface area contributed by atoms with Gasteiger partial charge in [-0.05, 0) is 38.7 Å². The Bertz CT molecular complexity index is 1070. The van der Waals surface area contributed by atoms with Crippen molar-refractivity contribution in [3.8, 4) is 5.75 Å². The quantitative estimate of drug-likeness (QED) is 0.629. The first-order valence-corrected chi connectivity index (χ1v) is 10.6. The lowest BCUT2D eigenvalue weighted by molar-refractivity contribution is -0.118. The Kier molecular flexibility index (Phi) is 6.32. The maximum atomic E-state index is 13.8. The topological polar surface area (TPSA) is 86.2 Å². The van der Waals surface area contributed by atoms with Gasteiger partial charge in [-0.25, -0.2) is 15.0 Å². The van der Waals surface area contributed by atoms with Crippen molar-refractivity contribution in [3.05, 3.63) is 65.8 Å². The van der Waals surface area contributed by atoms with Crippen LogP contribution in [-0.4, -0.2) is 34.6 Å². The molecule has 2 heterocycles. The standard InChI is InChI=1S/C24H27FN4O3/c1-15-21(12-26-16(2)28-15)32-14-24(18-7-5-4-6-8-18)10-20(24)23(30)29-19-9-17(13-31-3)22(25)27-11-19/h4-7,9,11-12,18,20H,8,10,13-14H2,1-3H3,(H,29,30)/t18?,20-,24+/m0/s1. The summed E-state index contributed by atoms with van der Waals surface area (Å²) in [6.07, 6.45) is 12.8. The fraction of sp³-hybridized carbons (Fsp3) is 0.417. The fourth-order valence-electron chi connectivity index (χ4n) is 4.33. The molecule has 4 rings (SSSR count). The Morgan fingerprint density at radius 2 is 2.12 bits per heavy atom. The molecule has 2 aromatic rings. The lowest BCUT2D eigenvalue weighted by Crippen LogP contribution is -2.29. The SMILES string of the molecule is COCc1cc(NC(=O)[C@@H]2C[C@@]2(COc2cnc(C)nc2C)C2C=CC=CC2)cnc1F. The number of carbonyl (C=O) groups is 1. The molecule has 0 bridgehead atoms. The lowest BCUT2D eigenvalue weighted by atomic mass is 9.82. The number of allylic oxidation sites excluding steroid dienone is 4. The number of nitrogens with zero attached hydrogens (tertiary/aromatic N) is 3. The third kappa shape index (κ3) is 4.55. The summed E-state index contributed by atoms with van der Waals surface area (Å²) in [5, 5.41) is 2.89. The molecule has 2 aliphatic carbocycles. The van der Waals surface area contributed by atoms with Crippen molar-refractivity contribution in [3.63, 3.8) is 0 Å². The number of carbonyl (C=O) groups excluding carboxylic acids is 1. The number of pyridine rings is 1. The lowest BCUT2D eigenvalue weighted by Gasteiger charge is -2.26. The van der Waals surface area contributed by atoms with Crippen molar-refractivity contribution in [1.82, 2.24) is 15.0 Å². The summed E-state index contributed by atoms with van der Waals surface area (Å²) in [7, 11) is 1.48. The Balaban J connectivity index is 1.50. The molecule has 2 aliphatic rings. The van der Waals surface area contributed by atoms with Gasteiger partial charge in [0.05, 0.1) is 37.0 Å². The largest absolute Gasteiger partial charge is 0.489 e. The van der Waals surface area contributed by atoms with Gasteiger partial charge in [0.25, 0.3) is 0 Å². The highest BCUT2D eigenvalue weighted by Gasteiger charge is 2.62. The molecule has 0 aliphatic heterocycles. The first kappa shape index (κ1) is 22.1. The third-order valence-corrected chi connectivity index (χ3v) is 6.18. The molecular formula is C24H27FN4O3. The Morgan fingerprint density at radius 3 is 2.84 bits per heavy atom. The molecule has 0 saturated heterocycles. The average Bonchev–Trinajstić information content (AvgIpc) is 3.52. The summed E-state index contributed by atoms with van der Waals surface area (Å²) in [5.41, 5.74) is 1.19. The number of halogens is 1. The molecule has 1 amide bonds. The minimum absolute atomic E-state index is 0.0843. The Hall–Kier alpha value is -3.13. The van der Waals surface area contributed by atoms with Crippen molar-refractivity contribution in [2.45, 2.75) is 33.3 Å². The van der Waals surface area contributed by atoms with Crippen LogP contribution in [0.1, 0.15) is 29.9 Å². The van der Waals surface area contributed by atoms with Crippen molar-refractivity contribution in [2.24, 2.45) is 17.3 Å². The highest BCUT2D eigenvalue weighted by molar-refractivity contribution is 5.95. The molecule has 1 unspecified atom stereocenters. The van der Waals surface area contributed by atoms with Crippen LogP contribution in [-0.2, 0) is 16.1 Å². The number of ether oxygens (including phenoxy) is 2. The molecule has 168 valence electrons. The van der Waals surface area contributed by atoms with E-state index in [1.54, 1.807) is 12.3 Å². The fourth-order valence-corrected chi connectivity index (χ4v) is 4.33. The van der Waals surface area contributed by atoms with E-state index in [0.717, 1.165) is 12.1 Å². The van der Waals surface area contributed by atoms with Crippen LogP contribution >= 0.6 is 0 Å². The molecule has 0 aromatic carbocycles. The first-order valence-electron chi connectivity index (χ1n) is 10.6. The maximum absolute atomic E-state index is 13.8. The number of nitrogens with one attached hydrogen (secondary N) is 1. The van der Waals surface area contributed by atoms with E-state index in [1.165, 1.54) is 13.3 Å². The van der Waals surface area contributed by atoms with Crippen molar-refractivity contribution < 1.29 is 18.7 Å². The predicted octanol–water partition coefficient (Wildman–Crippen LogP) is 3.93. The highest BCUT2D eigenvalue weighted by atomic mass is 19.1. The molecule has 8 heteroatoms. The van der Waals surface area contributed by atoms with Gasteiger partial charge in [-0.1, -0.05) is 24.3 Å². The zero-order valence-electron chi connectivity index (χ0n) is 18.5. The zero-order valence-corrected chi connectivity index (χ0v) is 18.5. The van der Waals surface area contributed by atoms with Gasteiger partial charge in [-0.3, -0.25) is 4.79 Å². The van der Waals surface area contributed by atoms with Gasteiger partial charge >= 0.3 is 0 Å². The molecule has 32 heavy (non-hydrogen) atoms.